The second-order valence-corrected chi connectivity index (χ2v) is 5.16. The van der Waals surface area contributed by atoms with Crippen molar-refractivity contribution in [3.63, 3.8) is 0 Å². The van der Waals surface area contributed by atoms with Gasteiger partial charge in [0.25, 0.3) is 0 Å². The number of nitrogens with two attached hydrogens (primary N) is 1. The van der Waals surface area contributed by atoms with Gasteiger partial charge in [0, 0.05) is 32.7 Å². The van der Waals surface area contributed by atoms with Gasteiger partial charge in [-0.1, -0.05) is 47.5 Å². The fourth-order valence-electron chi connectivity index (χ4n) is 2.20. The van der Waals surface area contributed by atoms with Gasteiger partial charge in [-0.25, -0.2) is 0 Å². The van der Waals surface area contributed by atoms with Crippen molar-refractivity contribution in [2.24, 2.45) is 0 Å². The van der Waals surface area contributed by atoms with E-state index in [1.54, 1.807) is 6.07 Å². The quantitative estimate of drug-likeness (QED) is 0.382. The summed E-state index contributed by atoms with van der Waals surface area (Å²) in [5.74, 6) is 0. The standard InChI is InChI=1S/C15H11N2.C6H6N.Y/c1-2-6-12(7-3-1)10-11-15-13-8-4-5-9-14(13)16-17-15;7-6-4-2-1-3-5-6;/h1-4,6-11H,(H,16,17);1-2,4-5H,7H2;/q2*-1;/b11-10+;;. The van der Waals surface area contributed by atoms with Crippen molar-refractivity contribution in [3.8, 4) is 0 Å². The topological polar surface area (TPSA) is 54.7 Å². The fraction of sp³-hybridized carbons (Fsp3) is 0. The smallest absolute Gasteiger partial charge is 0.0673 e. The Labute approximate surface area is 172 Å². The third-order valence-electron chi connectivity index (χ3n) is 3.40. The van der Waals surface area contributed by atoms with E-state index in [4.69, 9.17) is 5.73 Å². The van der Waals surface area contributed by atoms with E-state index in [0.717, 1.165) is 22.3 Å². The number of hydrogen-bond acceptors (Lipinski definition) is 2. The Morgan fingerprint density at radius 2 is 1.68 bits per heavy atom. The molecule has 121 valence electrons. The molecule has 0 spiro atoms. The van der Waals surface area contributed by atoms with E-state index in [-0.39, 0.29) is 32.7 Å². The molecule has 25 heavy (non-hydrogen) atoms. The predicted octanol–water partition coefficient (Wildman–Crippen LogP) is 4.60. The predicted molar refractivity (Wildman–Crippen MR) is 100.0 cm³/mol. The maximum atomic E-state index is 5.33. The van der Waals surface area contributed by atoms with Gasteiger partial charge in [0.2, 0.25) is 0 Å². The number of aromatic nitrogens is 2. The van der Waals surface area contributed by atoms with Crippen molar-refractivity contribution >= 4 is 28.7 Å². The average Bonchev–Trinajstić information content (AvgIpc) is 3.05. The van der Waals surface area contributed by atoms with Crippen molar-refractivity contribution in [2.75, 3.05) is 5.73 Å². The summed E-state index contributed by atoms with van der Waals surface area (Å²) < 4.78 is 0. The number of anilines is 1. The van der Waals surface area contributed by atoms with Gasteiger partial charge in [0.1, 0.15) is 0 Å². The fourth-order valence-corrected chi connectivity index (χ4v) is 2.20. The Kier molecular flexibility index (Phi) is 7.58. The number of hydrogen-bond donors (Lipinski definition) is 2. The van der Waals surface area contributed by atoms with Gasteiger partial charge >= 0.3 is 0 Å². The van der Waals surface area contributed by atoms with Crippen LogP contribution < -0.4 is 5.73 Å². The molecular weight excluding hydrogens is 383 g/mol. The van der Waals surface area contributed by atoms with E-state index in [0.29, 0.717) is 0 Å². The van der Waals surface area contributed by atoms with E-state index < -0.39 is 0 Å². The van der Waals surface area contributed by atoms with Crippen molar-refractivity contribution in [1.82, 2.24) is 10.2 Å². The maximum Gasteiger partial charge on any atom is 0.0673 e. The summed E-state index contributed by atoms with van der Waals surface area (Å²) in [5, 5.41) is 8.39. The summed E-state index contributed by atoms with van der Waals surface area (Å²) in [4.78, 5) is 0. The van der Waals surface area contributed by atoms with Gasteiger partial charge in [-0.2, -0.15) is 59.7 Å². The number of aromatic amines is 1. The van der Waals surface area contributed by atoms with Crippen LogP contribution in [0.5, 0.6) is 0 Å². The second-order valence-electron chi connectivity index (χ2n) is 5.16. The van der Waals surface area contributed by atoms with E-state index in [9.17, 15) is 0 Å². The zero-order valence-electron chi connectivity index (χ0n) is 13.7. The largest absolute Gasteiger partial charge is 0.449 e. The summed E-state index contributed by atoms with van der Waals surface area (Å²) in [7, 11) is 0. The summed E-state index contributed by atoms with van der Waals surface area (Å²) in [5.41, 5.74) is 9.24. The molecule has 3 aromatic carbocycles. The van der Waals surface area contributed by atoms with Crippen molar-refractivity contribution in [2.45, 2.75) is 0 Å². The molecule has 0 atom stereocenters. The molecule has 3 nitrogen and oxygen atoms in total. The molecule has 0 unspecified atom stereocenters. The molecular formula is C21H17N3Y-2. The number of nitrogens with one attached hydrogen (secondary N) is 1. The van der Waals surface area contributed by atoms with Crippen LogP contribution in [0.4, 0.5) is 5.69 Å². The van der Waals surface area contributed by atoms with E-state index in [1.807, 2.05) is 60.7 Å². The number of nitrogen functional groups attached to an aromatic ring is 1. The SMILES string of the molecule is Nc1c[c-]ccc1.[Y].[c-]1ccc2c(/C=C/c3ccccc3)n[nH]c2c1. The van der Waals surface area contributed by atoms with E-state index in [2.05, 4.69) is 40.5 Å². The molecule has 1 radical (unpaired) electrons. The molecule has 4 rings (SSSR count). The first-order valence-electron chi connectivity index (χ1n) is 7.62. The second kappa shape index (κ2) is 9.92. The zero-order chi connectivity index (χ0) is 16.6. The number of fused-ring (bicyclic) bond motifs is 1. The summed E-state index contributed by atoms with van der Waals surface area (Å²) in [6.07, 6.45) is 4.08. The summed E-state index contributed by atoms with van der Waals surface area (Å²) >= 11 is 0. The van der Waals surface area contributed by atoms with Gasteiger partial charge < -0.3 is 10.8 Å². The Bertz CT molecular complexity index is 915. The zero-order valence-corrected chi connectivity index (χ0v) is 16.5. The molecule has 1 aromatic heterocycles. The molecule has 4 aromatic rings. The van der Waals surface area contributed by atoms with Crippen LogP contribution in [0.25, 0.3) is 23.1 Å². The first kappa shape index (κ1) is 19.1. The molecule has 0 aliphatic heterocycles. The van der Waals surface area contributed by atoms with E-state index in [1.165, 1.54) is 5.56 Å². The third kappa shape index (κ3) is 5.66. The molecule has 0 aliphatic carbocycles. The molecule has 0 saturated heterocycles. The Morgan fingerprint density at radius 3 is 2.36 bits per heavy atom. The molecule has 0 amide bonds. The monoisotopic (exact) mass is 400 g/mol. The Balaban J connectivity index is 0.000000240. The van der Waals surface area contributed by atoms with Crippen LogP contribution in [0.1, 0.15) is 11.3 Å². The third-order valence-corrected chi connectivity index (χ3v) is 3.40. The van der Waals surface area contributed by atoms with Crippen LogP contribution in [0.2, 0.25) is 0 Å². The number of H-pyrrole nitrogens is 1. The van der Waals surface area contributed by atoms with Crippen molar-refractivity contribution < 1.29 is 32.7 Å². The van der Waals surface area contributed by atoms with Crippen molar-refractivity contribution in [3.05, 3.63) is 96.2 Å². The minimum atomic E-state index is 0. The summed E-state index contributed by atoms with van der Waals surface area (Å²) in [6.45, 7) is 0. The van der Waals surface area contributed by atoms with Crippen LogP contribution in [-0.4, -0.2) is 10.2 Å². The van der Waals surface area contributed by atoms with Gasteiger partial charge in [0.15, 0.2) is 0 Å². The molecule has 0 aliphatic rings. The van der Waals surface area contributed by atoms with Gasteiger partial charge in [-0.3, -0.25) is 0 Å². The molecule has 4 heteroatoms. The average molecular weight is 400 g/mol. The maximum absolute atomic E-state index is 5.33. The number of benzene rings is 3. The van der Waals surface area contributed by atoms with Crippen LogP contribution in [0.3, 0.4) is 0 Å². The van der Waals surface area contributed by atoms with Crippen LogP contribution in [-0.2, 0) is 32.7 Å². The minimum absolute atomic E-state index is 0. The Morgan fingerprint density at radius 1 is 0.880 bits per heavy atom. The first-order valence-corrected chi connectivity index (χ1v) is 7.62. The van der Waals surface area contributed by atoms with E-state index >= 15 is 0 Å². The van der Waals surface area contributed by atoms with Crippen LogP contribution in [0.15, 0.2) is 72.8 Å². The van der Waals surface area contributed by atoms with Crippen LogP contribution >= 0.6 is 0 Å². The molecule has 0 bridgehead atoms. The van der Waals surface area contributed by atoms with Gasteiger partial charge in [0.05, 0.1) is 5.69 Å². The molecule has 1 heterocycles. The molecule has 3 N–H and O–H groups in total. The van der Waals surface area contributed by atoms with Gasteiger partial charge in [-0.05, 0) is 17.2 Å². The molecule has 0 fully saturated rings. The number of nitrogens with zero attached hydrogens (tertiary/aromatic N) is 1. The Hall–Kier alpha value is -2.23. The van der Waals surface area contributed by atoms with Crippen LogP contribution in [0, 0.1) is 12.1 Å². The number of rotatable bonds is 2. The first-order chi connectivity index (χ1) is 11.8. The normalized spacial score (nSPS) is 10.1. The minimum Gasteiger partial charge on any atom is -0.449 e. The van der Waals surface area contributed by atoms with Gasteiger partial charge in [-0.15, -0.1) is 0 Å². The summed E-state index contributed by atoms with van der Waals surface area (Å²) in [6, 6.07) is 29.1. The van der Waals surface area contributed by atoms with Crippen molar-refractivity contribution in [1.29, 1.82) is 0 Å². The molecule has 0 saturated carbocycles.